The number of anilines is 1. The van der Waals surface area contributed by atoms with Crippen LogP contribution >= 0.6 is 0 Å². The van der Waals surface area contributed by atoms with E-state index in [4.69, 9.17) is 5.73 Å². The number of rotatable bonds is 2. The summed E-state index contributed by atoms with van der Waals surface area (Å²) in [7, 11) is 0. The van der Waals surface area contributed by atoms with Crippen LogP contribution in [0.4, 0.5) is 5.69 Å². The van der Waals surface area contributed by atoms with E-state index in [9.17, 15) is 0 Å². The molecular weight excluding hydrogens is 194 g/mol. The molecule has 0 saturated carbocycles. The average molecular weight is 211 g/mol. The molecule has 1 nitrogen and oxygen atoms in total. The Kier molecular flexibility index (Phi) is 2.95. The van der Waals surface area contributed by atoms with Crippen LogP contribution in [0.3, 0.4) is 0 Å². The molecule has 0 aromatic heterocycles. The topological polar surface area (TPSA) is 26.0 Å². The van der Waals surface area contributed by atoms with Crippen molar-refractivity contribution in [3.63, 3.8) is 0 Å². The second-order valence-electron chi connectivity index (χ2n) is 4.07. The fraction of sp³-hybridized carbons (Fsp3) is 0.200. The van der Waals surface area contributed by atoms with Gasteiger partial charge < -0.3 is 5.73 Å². The number of aryl methyl sites for hydroxylation is 1. The third kappa shape index (κ3) is 1.94. The van der Waals surface area contributed by atoms with Crippen molar-refractivity contribution in [3.05, 3.63) is 53.6 Å². The number of hydrogen-bond donors (Lipinski definition) is 1. The van der Waals surface area contributed by atoms with Crippen molar-refractivity contribution in [1.82, 2.24) is 0 Å². The third-order valence-corrected chi connectivity index (χ3v) is 3.02. The van der Waals surface area contributed by atoms with Gasteiger partial charge in [0, 0.05) is 5.69 Å². The minimum absolute atomic E-state index is 0.861. The first-order valence-electron chi connectivity index (χ1n) is 5.66. The second kappa shape index (κ2) is 4.40. The normalized spacial score (nSPS) is 10.4. The Balaban J connectivity index is 2.54. The molecule has 0 heterocycles. The van der Waals surface area contributed by atoms with Crippen molar-refractivity contribution in [1.29, 1.82) is 0 Å². The zero-order valence-electron chi connectivity index (χ0n) is 9.83. The average Bonchev–Trinajstić information content (AvgIpc) is 2.33. The summed E-state index contributed by atoms with van der Waals surface area (Å²) in [5.41, 5.74) is 11.8. The van der Waals surface area contributed by atoms with Crippen molar-refractivity contribution in [3.8, 4) is 11.1 Å². The van der Waals surface area contributed by atoms with Gasteiger partial charge in [0.15, 0.2) is 0 Å². The van der Waals surface area contributed by atoms with Gasteiger partial charge in [-0.1, -0.05) is 43.3 Å². The fourth-order valence-corrected chi connectivity index (χ4v) is 1.93. The Morgan fingerprint density at radius 2 is 1.81 bits per heavy atom. The highest BCUT2D eigenvalue weighted by Crippen LogP contribution is 2.27. The van der Waals surface area contributed by atoms with Crippen LogP contribution in [0.1, 0.15) is 18.1 Å². The standard InChI is InChI=1S/C15H17N/c1-3-12-6-4-7-13(10-12)14-8-5-9-15(16)11(14)2/h4-10H,3,16H2,1-2H3. The molecule has 16 heavy (non-hydrogen) atoms. The first-order chi connectivity index (χ1) is 7.72. The highest BCUT2D eigenvalue weighted by atomic mass is 14.6. The van der Waals surface area contributed by atoms with Crippen LogP contribution in [-0.4, -0.2) is 0 Å². The summed E-state index contributed by atoms with van der Waals surface area (Å²) in [5.74, 6) is 0. The molecule has 0 aliphatic carbocycles. The summed E-state index contributed by atoms with van der Waals surface area (Å²) in [6.45, 7) is 4.24. The quantitative estimate of drug-likeness (QED) is 0.751. The molecule has 0 radical (unpaired) electrons. The zero-order valence-corrected chi connectivity index (χ0v) is 9.83. The Hall–Kier alpha value is -1.76. The number of nitrogens with two attached hydrogens (primary N) is 1. The number of hydrogen-bond acceptors (Lipinski definition) is 1. The molecule has 2 aromatic carbocycles. The third-order valence-electron chi connectivity index (χ3n) is 3.02. The lowest BCUT2D eigenvalue weighted by molar-refractivity contribution is 1.14. The molecular formula is C15H17N. The first kappa shape index (κ1) is 10.7. The first-order valence-corrected chi connectivity index (χ1v) is 5.66. The van der Waals surface area contributed by atoms with Gasteiger partial charge in [0.25, 0.3) is 0 Å². The Morgan fingerprint density at radius 1 is 1.06 bits per heavy atom. The van der Waals surface area contributed by atoms with Crippen molar-refractivity contribution >= 4 is 5.69 Å². The van der Waals surface area contributed by atoms with E-state index in [1.807, 2.05) is 12.1 Å². The fourth-order valence-electron chi connectivity index (χ4n) is 1.93. The van der Waals surface area contributed by atoms with E-state index in [1.54, 1.807) is 0 Å². The molecule has 0 amide bonds. The summed E-state index contributed by atoms with van der Waals surface area (Å²) in [5, 5.41) is 0. The molecule has 0 bridgehead atoms. The lowest BCUT2D eigenvalue weighted by Gasteiger charge is -2.09. The van der Waals surface area contributed by atoms with E-state index >= 15 is 0 Å². The lowest BCUT2D eigenvalue weighted by atomic mass is 9.97. The maximum atomic E-state index is 5.93. The van der Waals surface area contributed by atoms with Crippen LogP contribution < -0.4 is 5.73 Å². The second-order valence-corrected chi connectivity index (χ2v) is 4.07. The van der Waals surface area contributed by atoms with E-state index in [-0.39, 0.29) is 0 Å². The van der Waals surface area contributed by atoms with Crippen LogP contribution in [-0.2, 0) is 6.42 Å². The van der Waals surface area contributed by atoms with E-state index in [0.717, 1.165) is 17.7 Å². The van der Waals surface area contributed by atoms with Crippen molar-refractivity contribution < 1.29 is 0 Å². The van der Waals surface area contributed by atoms with Crippen molar-refractivity contribution in [2.75, 3.05) is 5.73 Å². The number of benzene rings is 2. The molecule has 2 rings (SSSR count). The van der Waals surface area contributed by atoms with Crippen LogP contribution in [0, 0.1) is 6.92 Å². The highest BCUT2D eigenvalue weighted by Gasteiger charge is 2.04. The van der Waals surface area contributed by atoms with E-state index in [1.165, 1.54) is 16.7 Å². The van der Waals surface area contributed by atoms with E-state index in [2.05, 4.69) is 44.2 Å². The zero-order chi connectivity index (χ0) is 11.5. The van der Waals surface area contributed by atoms with Gasteiger partial charge in [0.2, 0.25) is 0 Å². The summed E-state index contributed by atoms with van der Waals surface area (Å²) in [6.07, 6.45) is 1.06. The lowest BCUT2D eigenvalue weighted by Crippen LogP contribution is -1.92. The van der Waals surface area contributed by atoms with Gasteiger partial charge in [0.05, 0.1) is 0 Å². The van der Waals surface area contributed by atoms with Gasteiger partial charge in [-0.15, -0.1) is 0 Å². The predicted molar refractivity (Wildman–Crippen MR) is 70.4 cm³/mol. The molecule has 2 N–H and O–H groups in total. The van der Waals surface area contributed by atoms with E-state index < -0.39 is 0 Å². The Morgan fingerprint density at radius 3 is 2.56 bits per heavy atom. The van der Waals surface area contributed by atoms with Gasteiger partial charge in [-0.3, -0.25) is 0 Å². The monoisotopic (exact) mass is 211 g/mol. The summed E-state index contributed by atoms with van der Waals surface area (Å²) in [4.78, 5) is 0. The molecule has 1 heteroatoms. The minimum atomic E-state index is 0.861. The van der Waals surface area contributed by atoms with Crippen LogP contribution in [0.2, 0.25) is 0 Å². The van der Waals surface area contributed by atoms with Gasteiger partial charge >= 0.3 is 0 Å². The van der Waals surface area contributed by atoms with Crippen molar-refractivity contribution in [2.45, 2.75) is 20.3 Å². The Labute approximate surface area is 96.9 Å². The van der Waals surface area contributed by atoms with Gasteiger partial charge in [-0.05, 0) is 41.7 Å². The molecule has 0 atom stereocenters. The van der Waals surface area contributed by atoms with Gasteiger partial charge in [-0.2, -0.15) is 0 Å². The molecule has 0 unspecified atom stereocenters. The summed E-state index contributed by atoms with van der Waals surface area (Å²) >= 11 is 0. The van der Waals surface area contributed by atoms with Gasteiger partial charge in [-0.25, -0.2) is 0 Å². The summed E-state index contributed by atoms with van der Waals surface area (Å²) < 4.78 is 0. The molecule has 0 aliphatic heterocycles. The number of nitrogen functional groups attached to an aromatic ring is 1. The van der Waals surface area contributed by atoms with E-state index in [0.29, 0.717) is 0 Å². The molecule has 0 spiro atoms. The summed E-state index contributed by atoms with van der Waals surface area (Å²) in [6, 6.07) is 14.7. The van der Waals surface area contributed by atoms with Crippen molar-refractivity contribution in [2.24, 2.45) is 0 Å². The predicted octanol–water partition coefficient (Wildman–Crippen LogP) is 3.81. The highest BCUT2D eigenvalue weighted by molar-refractivity contribution is 5.73. The molecule has 0 saturated heterocycles. The SMILES string of the molecule is CCc1cccc(-c2cccc(N)c2C)c1. The molecule has 0 aliphatic rings. The maximum absolute atomic E-state index is 5.93. The van der Waals surface area contributed by atoms with Gasteiger partial charge in [0.1, 0.15) is 0 Å². The van der Waals surface area contributed by atoms with Crippen LogP contribution in [0.5, 0.6) is 0 Å². The molecule has 2 aromatic rings. The maximum Gasteiger partial charge on any atom is 0.0349 e. The van der Waals surface area contributed by atoms with Crippen LogP contribution in [0.25, 0.3) is 11.1 Å². The van der Waals surface area contributed by atoms with Crippen LogP contribution in [0.15, 0.2) is 42.5 Å². The minimum Gasteiger partial charge on any atom is -0.398 e. The smallest absolute Gasteiger partial charge is 0.0349 e. The molecule has 82 valence electrons. The largest absolute Gasteiger partial charge is 0.398 e. The Bertz CT molecular complexity index is 501. The molecule has 0 fully saturated rings.